The quantitative estimate of drug-likeness (QED) is 0.234. The van der Waals surface area contributed by atoms with Crippen molar-refractivity contribution in [2.75, 3.05) is 0 Å². The number of rotatable bonds is 3. The summed E-state index contributed by atoms with van der Waals surface area (Å²) in [5.74, 6) is 0. The van der Waals surface area contributed by atoms with Crippen molar-refractivity contribution >= 4 is 37.7 Å². The number of halogens is 1. The van der Waals surface area contributed by atoms with E-state index in [2.05, 4.69) is 143 Å². The molecule has 0 saturated carbocycles. The fourth-order valence-corrected chi connectivity index (χ4v) is 5.20. The van der Waals surface area contributed by atoms with Gasteiger partial charge in [0.25, 0.3) is 0 Å². The van der Waals surface area contributed by atoms with Crippen molar-refractivity contribution in [2.45, 2.75) is 6.92 Å². The van der Waals surface area contributed by atoms with Crippen molar-refractivity contribution in [1.29, 1.82) is 0 Å². The first-order valence-electron chi connectivity index (χ1n) is 11.1. The van der Waals surface area contributed by atoms with Crippen LogP contribution in [0.1, 0.15) is 5.56 Å². The number of para-hydroxylation sites is 1. The minimum absolute atomic E-state index is 1.11. The number of benzene rings is 5. The summed E-state index contributed by atoms with van der Waals surface area (Å²) in [6.45, 7) is 2.13. The first kappa shape index (κ1) is 20.0. The summed E-state index contributed by atoms with van der Waals surface area (Å²) in [4.78, 5) is 0. The maximum Gasteiger partial charge on any atom is 0.0541 e. The number of hydrogen-bond acceptors (Lipinski definition) is 0. The Balaban J connectivity index is 1.55. The van der Waals surface area contributed by atoms with Crippen molar-refractivity contribution in [3.8, 4) is 27.9 Å². The first-order valence-corrected chi connectivity index (χ1v) is 11.9. The predicted molar refractivity (Wildman–Crippen MR) is 144 cm³/mol. The van der Waals surface area contributed by atoms with Crippen LogP contribution < -0.4 is 0 Å². The molecule has 0 radical (unpaired) electrons. The SMILES string of the molecule is Cc1ccc(-n2c3ccccc3c3cc(-c4cccc(-c5ccccc5Br)c4)ccc32)cc1. The van der Waals surface area contributed by atoms with Crippen LogP contribution in [0.5, 0.6) is 0 Å². The molecular weight excluding hydrogens is 466 g/mol. The van der Waals surface area contributed by atoms with Gasteiger partial charge in [0.15, 0.2) is 0 Å². The van der Waals surface area contributed by atoms with E-state index in [1.807, 2.05) is 0 Å². The van der Waals surface area contributed by atoms with Gasteiger partial charge in [-0.25, -0.2) is 0 Å². The number of aromatic nitrogens is 1. The van der Waals surface area contributed by atoms with Gasteiger partial charge in [0.2, 0.25) is 0 Å². The van der Waals surface area contributed by atoms with Crippen LogP contribution in [0.4, 0.5) is 0 Å². The lowest BCUT2D eigenvalue weighted by molar-refractivity contribution is 1.17. The van der Waals surface area contributed by atoms with Crippen LogP contribution in [-0.2, 0) is 0 Å². The molecule has 5 aromatic carbocycles. The van der Waals surface area contributed by atoms with Gasteiger partial charge in [0, 0.05) is 20.9 Å². The standard InChI is InChI=1S/C31H22BrN/c1-21-13-16-25(17-14-21)33-30-12-5-3-10-27(30)28-20-23(15-18-31(28)33)22-7-6-8-24(19-22)26-9-2-4-11-29(26)32/h2-20H,1H3. The highest BCUT2D eigenvalue weighted by Gasteiger charge is 2.13. The third kappa shape index (κ3) is 3.48. The molecule has 2 heteroatoms. The van der Waals surface area contributed by atoms with Crippen molar-refractivity contribution < 1.29 is 0 Å². The second-order valence-electron chi connectivity index (χ2n) is 8.48. The smallest absolute Gasteiger partial charge is 0.0541 e. The Labute approximate surface area is 202 Å². The van der Waals surface area contributed by atoms with Crippen LogP contribution in [0.2, 0.25) is 0 Å². The number of hydrogen-bond donors (Lipinski definition) is 0. The summed E-state index contributed by atoms with van der Waals surface area (Å²) in [6.07, 6.45) is 0. The number of nitrogens with zero attached hydrogens (tertiary/aromatic N) is 1. The maximum atomic E-state index is 3.70. The highest BCUT2D eigenvalue weighted by Crippen LogP contribution is 2.36. The van der Waals surface area contributed by atoms with Gasteiger partial charge < -0.3 is 4.57 Å². The van der Waals surface area contributed by atoms with E-state index in [1.165, 1.54) is 55.3 Å². The fourth-order valence-electron chi connectivity index (χ4n) is 4.69. The van der Waals surface area contributed by atoms with Crippen LogP contribution in [0.25, 0.3) is 49.7 Å². The van der Waals surface area contributed by atoms with Gasteiger partial charge >= 0.3 is 0 Å². The normalized spacial score (nSPS) is 11.3. The summed E-state index contributed by atoms with van der Waals surface area (Å²) >= 11 is 3.70. The van der Waals surface area contributed by atoms with E-state index in [0.29, 0.717) is 0 Å². The molecule has 0 aliphatic rings. The van der Waals surface area contributed by atoms with Crippen LogP contribution in [0.3, 0.4) is 0 Å². The Bertz CT molecular complexity index is 1620. The van der Waals surface area contributed by atoms with E-state index < -0.39 is 0 Å². The van der Waals surface area contributed by atoms with Gasteiger partial charge in [-0.05, 0) is 71.6 Å². The molecule has 0 unspecified atom stereocenters. The third-order valence-corrected chi connectivity index (χ3v) is 7.04. The molecule has 0 amide bonds. The van der Waals surface area contributed by atoms with E-state index >= 15 is 0 Å². The Morgan fingerprint density at radius 3 is 2.09 bits per heavy atom. The summed E-state index contributed by atoms with van der Waals surface area (Å²) in [6, 6.07) is 41.4. The molecule has 158 valence electrons. The second-order valence-corrected chi connectivity index (χ2v) is 9.34. The average molecular weight is 488 g/mol. The molecule has 0 aliphatic carbocycles. The highest BCUT2D eigenvalue weighted by atomic mass is 79.9. The van der Waals surface area contributed by atoms with E-state index in [4.69, 9.17) is 0 Å². The zero-order chi connectivity index (χ0) is 22.4. The molecule has 0 aliphatic heterocycles. The van der Waals surface area contributed by atoms with Crippen molar-refractivity contribution in [2.24, 2.45) is 0 Å². The number of aryl methyl sites for hydroxylation is 1. The molecule has 0 bridgehead atoms. The zero-order valence-electron chi connectivity index (χ0n) is 18.3. The molecule has 0 atom stereocenters. The zero-order valence-corrected chi connectivity index (χ0v) is 19.9. The Hall–Kier alpha value is -3.62. The molecule has 0 spiro atoms. The molecule has 0 saturated heterocycles. The highest BCUT2D eigenvalue weighted by molar-refractivity contribution is 9.10. The lowest BCUT2D eigenvalue weighted by Gasteiger charge is -2.10. The summed E-state index contributed by atoms with van der Waals surface area (Å²) in [5, 5.41) is 2.55. The molecule has 33 heavy (non-hydrogen) atoms. The summed E-state index contributed by atoms with van der Waals surface area (Å²) in [7, 11) is 0. The van der Waals surface area contributed by atoms with Gasteiger partial charge in [-0.3, -0.25) is 0 Å². The molecule has 6 rings (SSSR count). The Kier molecular flexibility index (Phi) is 4.89. The molecule has 0 N–H and O–H groups in total. The minimum Gasteiger partial charge on any atom is -0.309 e. The van der Waals surface area contributed by atoms with Crippen molar-refractivity contribution in [1.82, 2.24) is 4.57 Å². The topological polar surface area (TPSA) is 4.93 Å². The molecule has 1 heterocycles. The van der Waals surface area contributed by atoms with Crippen LogP contribution in [-0.4, -0.2) is 4.57 Å². The largest absolute Gasteiger partial charge is 0.309 e. The van der Waals surface area contributed by atoms with E-state index in [1.54, 1.807) is 0 Å². The summed E-state index contributed by atoms with van der Waals surface area (Å²) < 4.78 is 3.48. The lowest BCUT2D eigenvalue weighted by Crippen LogP contribution is -1.93. The van der Waals surface area contributed by atoms with Crippen molar-refractivity contribution in [3.05, 3.63) is 125 Å². The van der Waals surface area contributed by atoms with Crippen molar-refractivity contribution in [3.63, 3.8) is 0 Å². The minimum atomic E-state index is 1.11. The van der Waals surface area contributed by atoms with Crippen LogP contribution in [0, 0.1) is 6.92 Å². The molecule has 1 aromatic heterocycles. The second kappa shape index (κ2) is 8.06. The van der Waals surface area contributed by atoms with Gasteiger partial charge in [-0.15, -0.1) is 0 Å². The Morgan fingerprint density at radius 2 is 1.24 bits per heavy atom. The number of fused-ring (bicyclic) bond motifs is 3. The van der Waals surface area contributed by atoms with E-state index in [0.717, 1.165) is 4.47 Å². The first-order chi connectivity index (χ1) is 16.2. The molecule has 1 nitrogen and oxygen atoms in total. The molecular formula is C31H22BrN. The van der Waals surface area contributed by atoms with Gasteiger partial charge in [-0.1, -0.05) is 94.3 Å². The lowest BCUT2D eigenvalue weighted by atomic mass is 9.98. The monoisotopic (exact) mass is 487 g/mol. The maximum absolute atomic E-state index is 3.70. The van der Waals surface area contributed by atoms with Gasteiger partial charge in [-0.2, -0.15) is 0 Å². The predicted octanol–water partition coefficient (Wildman–Crippen LogP) is 9.19. The van der Waals surface area contributed by atoms with Crippen LogP contribution in [0.15, 0.2) is 120 Å². The van der Waals surface area contributed by atoms with Gasteiger partial charge in [0.1, 0.15) is 0 Å². The molecule has 0 fully saturated rings. The Morgan fingerprint density at radius 1 is 0.545 bits per heavy atom. The van der Waals surface area contributed by atoms with E-state index in [-0.39, 0.29) is 0 Å². The summed E-state index contributed by atoms with van der Waals surface area (Å²) in [5.41, 5.74) is 9.78. The molecule has 6 aromatic rings. The third-order valence-electron chi connectivity index (χ3n) is 6.35. The van der Waals surface area contributed by atoms with Crippen LogP contribution >= 0.6 is 15.9 Å². The fraction of sp³-hybridized carbons (Fsp3) is 0.0323. The van der Waals surface area contributed by atoms with E-state index in [9.17, 15) is 0 Å². The average Bonchev–Trinajstić information content (AvgIpc) is 3.19. The van der Waals surface area contributed by atoms with Gasteiger partial charge in [0.05, 0.1) is 11.0 Å².